The van der Waals surface area contributed by atoms with E-state index >= 15 is 0 Å². The highest BCUT2D eigenvalue weighted by Gasteiger charge is 2.40. The van der Waals surface area contributed by atoms with Gasteiger partial charge in [-0.2, -0.15) is 0 Å². The predicted molar refractivity (Wildman–Crippen MR) is 101 cm³/mol. The second-order valence-corrected chi connectivity index (χ2v) is 6.99. The highest BCUT2D eigenvalue weighted by atomic mass is 19.1. The van der Waals surface area contributed by atoms with Crippen molar-refractivity contribution in [2.45, 2.75) is 25.0 Å². The van der Waals surface area contributed by atoms with Crippen LogP contribution in [0.3, 0.4) is 0 Å². The number of rotatable bonds is 5. The molecule has 0 radical (unpaired) electrons. The number of hydrogen-bond donors (Lipinski definition) is 1. The standard InChI is InChI=1S/C20H23FN4O3/c21-16-3-1-15(2-4-16)5-8-22-19(26)17-13-24-18(14-23-17)25-9-6-20(7-10-25)27-11-12-28-20/h1-4,13-14H,5-12H2,(H,22,26). The van der Waals surface area contributed by atoms with Gasteiger partial charge in [0.2, 0.25) is 0 Å². The van der Waals surface area contributed by atoms with Crippen molar-refractivity contribution in [3.8, 4) is 0 Å². The summed E-state index contributed by atoms with van der Waals surface area (Å²) in [6.45, 7) is 3.31. The molecule has 2 fully saturated rings. The van der Waals surface area contributed by atoms with Gasteiger partial charge in [0.1, 0.15) is 17.3 Å². The average Bonchev–Trinajstić information content (AvgIpc) is 3.18. The fourth-order valence-electron chi connectivity index (χ4n) is 3.53. The fraction of sp³-hybridized carbons (Fsp3) is 0.450. The third-order valence-electron chi connectivity index (χ3n) is 5.15. The number of carbonyl (C=O) groups is 1. The number of benzene rings is 1. The van der Waals surface area contributed by atoms with Gasteiger partial charge in [0, 0.05) is 32.5 Å². The largest absolute Gasteiger partial charge is 0.355 e. The minimum Gasteiger partial charge on any atom is -0.355 e. The van der Waals surface area contributed by atoms with Crippen LogP contribution in [-0.2, 0) is 15.9 Å². The molecule has 0 aliphatic carbocycles. The van der Waals surface area contributed by atoms with E-state index in [4.69, 9.17) is 9.47 Å². The van der Waals surface area contributed by atoms with Crippen molar-refractivity contribution in [3.63, 3.8) is 0 Å². The van der Waals surface area contributed by atoms with Crippen molar-refractivity contribution >= 4 is 11.7 Å². The molecule has 28 heavy (non-hydrogen) atoms. The number of amides is 1. The molecule has 2 aliphatic rings. The Kier molecular flexibility index (Phi) is 5.50. The summed E-state index contributed by atoms with van der Waals surface area (Å²) in [6.07, 6.45) is 5.33. The number of ether oxygens (including phenoxy) is 2. The van der Waals surface area contributed by atoms with E-state index in [0.717, 1.165) is 37.3 Å². The molecule has 2 aromatic rings. The Hall–Kier alpha value is -2.58. The lowest BCUT2D eigenvalue weighted by Gasteiger charge is -2.37. The first-order chi connectivity index (χ1) is 13.6. The van der Waals surface area contributed by atoms with E-state index in [9.17, 15) is 9.18 Å². The molecule has 1 N–H and O–H groups in total. The number of aromatic nitrogens is 2. The van der Waals surface area contributed by atoms with Crippen molar-refractivity contribution in [2.75, 3.05) is 37.7 Å². The lowest BCUT2D eigenvalue weighted by atomic mass is 10.0. The Morgan fingerprint density at radius 2 is 1.82 bits per heavy atom. The van der Waals surface area contributed by atoms with E-state index in [1.807, 2.05) is 0 Å². The molecule has 0 bridgehead atoms. The number of piperidine rings is 1. The molecule has 2 aliphatic heterocycles. The topological polar surface area (TPSA) is 76.6 Å². The summed E-state index contributed by atoms with van der Waals surface area (Å²) < 4.78 is 24.4. The van der Waals surface area contributed by atoms with Gasteiger partial charge in [0.15, 0.2) is 5.79 Å². The highest BCUT2D eigenvalue weighted by Crippen LogP contribution is 2.32. The molecule has 0 saturated carbocycles. The third-order valence-corrected chi connectivity index (χ3v) is 5.15. The van der Waals surface area contributed by atoms with Crippen LogP contribution in [0, 0.1) is 5.82 Å². The summed E-state index contributed by atoms with van der Waals surface area (Å²) in [7, 11) is 0. The van der Waals surface area contributed by atoms with Crippen molar-refractivity contribution in [3.05, 3.63) is 53.7 Å². The van der Waals surface area contributed by atoms with E-state index < -0.39 is 5.79 Å². The predicted octanol–water partition coefficient (Wildman–Crippen LogP) is 1.93. The van der Waals surface area contributed by atoms with Crippen molar-refractivity contribution in [1.82, 2.24) is 15.3 Å². The maximum Gasteiger partial charge on any atom is 0.271 e. The van der Waals surface area contributed by atoms with Gasteiger partial charge in [-0.3, -0.25) is 4.79 Å². The van der Waals surface area contributed by atoms with Crippen LogP contribution in [0.15, 0.2) is 36.7 Å². The van der Waals surface area contributed by atoms with Gasteiger partial charge in [-0.1, -0.05) is 12.1 Å². The van der Waals surface area contributed by atoms with Crippen LogP contribution in [0.4, 0.5) is 10.2 Å². The molecule has 0 unspecified atom stereocenters. The SMILES string of the molecule is O=C(NCCc1ccc(F)cc1)c1cnc(N2CCC3(CC2)OCCO3)cn1. The maximum atomic E-state index is 12.9. The monoisotopic (exact) mass is 386 g/mol. The lowest BCUT2D eigenvalue weighted by Crippen LogP contribution is -2.45. The minimum atomic E-state index is -0.422. The first-order valence-corrected chi connectivity index (χ1v) is 9.51. The van der Waals surface area contributed by atoms with Gasteiger partial charge in [-0.25, -0.2) is 14.4 Å². The van der Waals surface area contributed by atoms with Crippen LogP contribution >= 0.6 is 0 Å². The molecule has 8 heteroatoms. The smallest absolute Gasteiger partial charge is 0.271 e. The van der Waals surface area contributed by atoms with E-state index in [0.29, 0.717) is 26.2 Å². The van der Waals surface area contributed by atoms with Crippen LogP contribution in [0.25, 0.3) is 0 Å². The van der Waals surface area contributed by atoms with E-state index in [2.05, 4.69) is 20.2 Å². The molecule has 1 spiro atoms. The Labute approximate surface area is 162 Å². The Bertz CT molecular complexity index is 797. The van der Waals surface area contributed by atoms with Gasteiger partial charge >= 0.3 is 0 Å². The van der Waals surface area contributed by atoms with Crippen molar-refractivity contribution < 1.29 is 18.7 Å². The molecule has 1 aromatic heterocycles. The zero-order valence-electron chi connectivity index (χ0n) is 15.6. The number of hydrogen-bond acceptors (Lipinski definition) is 6. The summed E-state index contributed by atoms with van der Waals surface area (Å²) in [5.74, 6) is -0.216. The number of nitrogens with one attached hydrogen (secondary N) is 1. The summed E-state index contributed by atoms with van der Waals surface area (Å²) in [6, 6.07) is 6.24. The second-order valence-electron chi connectivity index (χ2n) is 6.99. The molecule has 7 nitrogen and oxygen atoms in total. The number of anilines is 1. The van der Waals surface area contributed by atoms with E-state index in [1.54, 1.807) is 18.3 Å². The molecular weight excluding hydrogens is 363 g/mol. The quantitative estimate of drug-likeness (QED) is 0.846. The van der Waals surface area contributed by atoms with Gasteiger partial charge in [0.05, 0.1) is 25.6 Å². The van der Waals surface area contributed by atoms with E-state index in [1.165, 1.54) is 18.3 Å². The van der Waals surface area contributed by atoms with Gasteiger partial charge < -0.3 is 19.7 Å². The molecule has 148 valence electrons. The highest BCUT2D eigenvalue weighted by molar-refractivity contribution is 5.92. The van der Waals surface area contributed by atoms with Crippen LogP contribution in [0.5, 0.6) is 0 Å². The summed E-state index contributed by atoms with van der Waals surface area (Å²) >= 11 is 0. The van der Waals surface area contributed by atoms with Crippen LogP contribution in [0.2, 0.25) is 0 Å². The zero-order valence-corrected chi connectivity index (χ0v) is 15.6. The zero-order chi connectivity index (χ0) is 19.4. The summed E-state index contributed by atoms with van der Waals surface area (Å²) in [5, 5.41) is 2.81. The Morgan fingerprint density at radius 3 is 2.46 bits per heavy atom. The van der Waals surface area contributed by atoms with E-state index in [-0.39, 0.29) is 17.4 Å². The molecular formula is C20H23FN4O3. The molecule has 2 saturated heterocycles. The molecule has 3 heterocycles. The number of nitrogens with zero attached hydrogens (tertiary/aromatic N) is 3. The van der Waals surface area contributed by atoms with Crippen molar-refractivity contribution in [1.29, 1.82) is 0 Å². The minimum absolute atomic E-state index is 0.268. The lowest BCUT2D eigenvalue weighted by molar-refractivity contribution is -0.169. The summed E-state index contributed by atoms with van der Waals surface area (Å²) in [4.78, 5) is 23.0. The number of halogens is 1. The van der Waals surface area contributed by atoms with Crippen LogP contribution in [0.1, 0.15) is 28.9 Å². The average molecular weight is 386 g/mol. The Balaban J connectivity index is 1.27. The third kappa shape index (κ3) is 4.28. The Morgan fingerprint density at radius 1 is 1.11 bits per heavy atom. The second kappa shape index (κ2) is 8.20. The molecule has 1 aromatic carbocycles. The molecule has 1 amide bonds. The fourth-order valence-corrected chi connectivity index (χ4v) is 3.53. The molecule has 4 rings (SSSR count). The van der Waals surface area contributed by atoms with Crippen LogP contribution < -0.4 is 10.2 Å². The number of carbonyl (C=O) groups excluding carboxylic acids is 1. The van der Waals surface area contributed by atoms with Crippen LogP contribution in [-0.4, -0.2) is 54.5 Å². The van der Waals surface area contributed by atoms with Crippen molar-refractivity contribution in [2.24, 2.45) is 0 Å². The first kappa shape index (κ1) is 18.8. The summed E-state index contributed by atoms with van der Waals surface area (Å²) in [5.41, 5.74) is 1.24. The first-order valence-electron chi connectivity index (χ1n) is 9.51. The normalized spacial score (nSPS) is 18.4. The maximum absolute atomic E-state index is 12.9. The molecule has 0 atom stereocenters. The van der Waals surface area contributed by atoms with Gasteiger partial charge in [-0.05, 0) is 24.1 Å². The van der Waals surface area contributed by atoms with Gasteiger partial charge in [0.25, 0.3) is 5.91 Å². The van der Waals surface area contributed by atoms with Gasteiger partial charge in [-0.15, -0.1) is 0 Å².